The molecule has 0 saturated heterocycles. The van der Waals surface area contributed by atoms with Crippen LogP contribution in [0.15, 0.2) is 40.1 Å². The lowest BCUT2D eigenvalue weighted by Crippen LogP contribution is -2.14. The SMILES string of the molecule is NCCNc1cccc2c(S(=O)(=O)O)c(S(=O)(=O)O)ccc12. The average Bonchev–Trinajstić information content (AvgIpc) is 2.41. The van der Waals surface area contributed by atoms with Crippen molar-refractivity contribution in [1.29, 1.82) is 0 Å². The zero-order valence-electron chi connectivity index (χ0n) is 11.2. The molecule has 0 radical (unpaired) electrons. The van der Waals surface area contributed by atoms with Gasteiger partial charge in [0.1, 0.15) is 9.79 Å². The van der Waals surface area contributed by atoms with Gasteiger partial charge in [-0.15, -0.1) is 0 Å². The Labute approximate surface area is 127 Å². The number of nitrogens with one attached hydrogen (secondary N) is 1. The zero-order chi connectivity index (χ0) is 16.5. The minimum atomic E-state index is -4.87. The second-order valence-corrected chi connectivity index (χ2v) is 7.21. The summed E-state index contributed by atoms with van der Waals surface area (Å²) in [5, 5.41) is 3.30. The third kappa shape index (κ3) is 3.20. The van der Waals surface area contributed by atoms with Crippen LogP contribution in [-0.4, -0.2) is 39.0 Å². The molecular weight excluding hydrogens is 332 g/mol. The molecule has 0 heterocycles. The van der Waals surface area contributed by atoms with Crippen LogP contribution in [0.3, 0.4) is 0 Å². The van der Waals surface area contributed by atoms with Crippen LogP contribution in [0.25, 0.3) is 10.8 Å². The fourth-order valence-corrected chi connectivity index (χ4v) is 4.13. The maximum absolute atomic E-state index is 11.6. The minimum Gasteiger partial charge on any atom is -0.383 e. The summed E-state index contributed by atoms with van der Waals surface area (Å²) in [6, 6.07) is 6.74. The van der Waals surface area contributed by atoms with Crippen molar-refractivity contribution in [3.8, 4) is 0 Å². The minimum absolute atomic E-state index is 0.0281. The number of fused-ring (bicyclic) bond motifs is 1. The third-order valence-electron chi connectivity index (χ3n) is 2.97. The molecule has 0 unspecified atom stereocenters. The summed E-state index contributed by atoms with van der Waals surface area (Å²) in [5.74, 6) is 0. The van der Waals surface area contributed by atoms with Crippen LogP contribution in [-0.2, 0) is 20.2 Å². The second-order valence-electron chi connectivity index (χ2n) is 4.46. The Morgan fingerprint density at radius 1 is 0.955 bits per heavy atom. The lowest BCUT2D eigenvalue weighted by Gasteiger charge is -2.13. The van der Waals surface area contributed by atoms with E-state index in [0.29, 0.717) is 24.2 Å². The smallest absolute Gasteiger partial charge is 0.296 e. The molecule has 0 fully saturated rings. The predicted octanol–water partition coefficient (Wildman–Crippen LogP) is 0.704. The standard InChI is InChI=1S/C12H14N2O6S2/c13-6-7-14-10-3-1-2-9-8(10)4-5-11(21(15,16)17)12(9)22(18,19)20/h1-5,14H,6-7,13H2,(H,15,16,17)(H,18,19,20). The fraction of sp³-hybridized carbons (Fsp3) is 0.167. The summed E-state index contributed by atoms with van der Waals surface area (Å²) in [4.78, 5) is -1.73. The van der Waals surface area contributed by atoms with Crippen LogP contribution in [0.5, 0.6) is 0 Å². The number of hydrogen-bond donors (Lipinski definition) is 4. The fourth-order valence-electron chi connectivity index (χ4n) is 2.14. The lowest BCUT2D eigenvalue weighted by molar-refractivity contribution is 0.467. The molecule has 0 saturated carbocycles. The van der Waals surface area contributed by atoms with Gasteiger partial charge in [-0.3, -0.25) is 9.11 Å². The maximum Gasteiger partial charge on any atom is 0.296 e. The van der Waals surface area contributed by atoms with Gasteiger partial charge >= 0.3 is 0 Å². The number of hydrogen-bond acceptors (Lipinski definition) is 6. The number of rotatable bonds is 5. The van der Waals surface area contributed by atoms with E-state index in [1.807, 2.05) is 0 Å². The van der Waals surface area contributed by atoms with Crippen LogP contribution in [0.4, 0.5) is 5.69 Å². The largest absolute Gasteiger partial charge is 0.383 e. The molecule has 8 nitrogen and oxygen atoms in total. The predicted molar refractivity (Wildman–Crippen MR) is 81.1 cm³/mol. The van der Waals surface area contributed by atoms with Crippen LogP contribution in [0.1, 0.15) is 0 Å². The first-order valence-electron chi connectivity index (χ1n) is 6.11. The molecule has 120 valence electrons. The molecule has 2 aromatic carbocycles. The highest BCUT2D eigenvalue weighted by atomic mass is 32.2. The van der Waals surface area contributed by atoms with Crippen LogP contribution in [0.2, 0.25) is 0 Å². The van der Waals surface area contributed by atoms with Crippen molar-refractivity contribution in [3.05, 3.63) is 30.3 Å². The second kappa shape index (κ2) is 5.82. The molecule has 2 aromatic rings. The summed E-state index contributed by atoms with van der Waals surface area (Å²) in [5.41, 5.74) is 5.91. The molecule has 5 N–H and O–H groups in total. The Kier molecular flexibility index (Phi) is 4.40. The van der Waals surface area contributed by atoms with Gasteiger partial charge in [0, 0.05) is 29.5 Å². The van der Waals surface area contributed by atoms with E-state index in [-0.39, 0.29) is 5.39 Å². The van der Waals surface area contributed by atoms with E-state index in [2.05, 4.69) is 5.32 Å². The number of benzene rings is 2. The first-order chi connectivity index (χ1) is 10.2. The van der Waals surface area contributed by atoms with Crippen LogP contribution < -0.4 is 11.1 Å². The van der Waals surface area contributed by atoms with Crippen LogP contribution in [0, 0.1) is 0 Å². The van der Waals surface area contributed by atoms with Crippen molar-refractivity contribution in [2.45, 2.75) is 9.79 Å². The summed E-state index contributed by atoms with van der Waals surface area (Å²) in [6.07, 6.45) is 0. The van der Waals surface area contributed by atoms with Gasteiger partial charge in [0.15, 0.2) is 0 Å². The Balaban J connectivity index is 2.90. The van der Waals surface area contributed by atoms with Crippen molar-refractivity contribution in [1.82, 2.24) is 0 Å². The monoisotopic (exact) mass is 346 g/mol. The normalized spacial score (nSPS) is 12.5. The summed E-state index contributed by atoms with van der Waals surface area (Å²) in [6.45, 7) is 0.755. The molecule has 0 aromatic heterocycles. The topological polar surface area (TPSA) is 147 Å². The highest BCUT2D eigenvalue weighted by Crippen LogP contribution is 2.33. The van der Waals surface area contributed by atoms with E-state index < -0.39 is 30.0 Å². The Hall–Kier alpha value is -1.72. The summed E-state index contributed by atoms with van der Waals surface area (Å²) in [7, 11) is -9.69. The molecule has 0 aliphatic carbocycles. The first kappa shape index (κ1) is 16.6. The van der Waals surface area contributed by atoms with E-state index in [1.165, 1.54) is 18.2 Å². The molecule has 0 aliphatic rings. The molecule has 0 spiro atoms. The van der Waals surface area contributed by atoms with E-state index >= 15 is 0 Å². The lowest BCUT2D eigenvalue weighted by atomic mass is 10.1. The van der Waals surface area contributed by atoms with Gasteiger partial charge in [0.2, 0.25) is 0 Å². The Bertz CT molecular complexity index is 922. The van der Waals surface area contributed by atoms with Crippen LogP contribution >= 0.6 is 0 Å². The van der Waals surface area contributed by atoms with Gasteiger partial charge < -0.3 is 11.1 Å². The molecular formula is C12H14N2O6S2. The Morgan fingerprint density at radius 2 is 1.64 bits per heavy atom. The number of anilines is 1. The average molecular weight is 346 g/mol. The van der Waals surface area contributed by atoms with Crippen molar-refractivity contribution in [2.75, 3.05) is 18.4 Å². The van der Waals surface area contributed by atoms with Crippen molar-refractivity contribution >= 4 is 36.7 Å². The highest BCUT2D eigenvalue weighted by Gasteiger charge is 2.26. The van der Waals surface area contributed by atoms with Gasteiger partial charge in [-0.05, 0) is 12.1 Å². The van der Waals surface area contributed by atoms with Crippen molar-refractivity contribution in [2.24, 2.45) is 5.73 Å². The quantitative estimate of drug-likeness (QED) is 0.579. The molecule has 0 bridgehead atoms. The Morgan fingerprint density at radius 3 is 2.18 bits per heavy atom. The van der Waals surface area contributed by atoms with E-state index in [0.717, 1.165) is 6.07 Å². The maximum atomic E-state index is 11.6. The van der Waals surface area contributed by atoms with Gasteiger partial charge in [-0.25, -0.2) is 0 Å². The highest BCUT2D eigenvalue weighted by molar-refractivity contribution is 7.89. The van der Waals surface area contributed by atoms with Crippen molar-refractivity contribution in [3.63, 3.8) is 0 Å². The molecule has 22 heavy (non-hydrogen) atoms. The summed E-state index contributed by atoms with van der Waals surface area (Å²) < 4.78 is 64.4. The van der Waals surface area contributed by atoms with Gasteiger partial charge in [0.05, 0.1) is 0 Å². The summed E-state index contributed by atoms with van der Waals surface area (Å²) >= 11 is 0. The van der Waals surface area contributed by atoms with Gasteiger partial charge in [0.25, 0.3) is 20.2 Å². The molecule has 0 atom stereocenters. The van der Waals surface area contributed by atoms with E-state index in [4.69, 9.17) is 10.3 Å². The number of nitrogens with two attached hydrogens (primary N) is 1. The van der Waals surface area contributed by atoms with E-state index in [9.17, 15) is 21.4 Å². The van der Waals surface area contributed by atoms with Crippen molar-refractivity contribution < 1.29 is 25.9 Å². The van der Waals surface area contributed by atoms with E-state index in [1.54, 1.807) is 6.07 Å². The first-order valence-corrected chi connectivity index (χ1v) is 8.99. The zero-order valence-corrected chi connectivity index (χ0v) is 12.9. The molecule has 10 heteroatoms. The third-order valence-corrected chi connectivity index (χ3v) is 4.95. The molecule has 0 aliphatic heterocycles. The van der Waals surface area contributed by atoms with Gasteiger partial charge in [-0.2, -0.15) is 16.8 Å². The van der Waals surface area contributed by atoms with Gasteiger partial charge in [-0.1, -0.05) is 18.2 Å². The molecule has 2 rings (SSSR count). The molecule has 0 amide bonds.